The number of carbonyl (C=O) groups is 1. The molecular formula is C22H26N4O. The maximum absolute atomic E-state index is 12.5. The minimum Gasteiger partial charge on any atom is -0.378 e. The lowest BCUT2D eigenvalue weighted by Crippen LogP contribution is -2.23. The lowest BCUT2D eigenvalue weighted by Gasteiger charge is -2.12. The molecule has 5 heteroatoms. The predicted octanol–water partition coefficient (Wildman–Crippen LogP) is 3.54. The maximum atomic E-state index is 12.5. The van der Waals surface area contributed by atoms with Crippen LogP contribution in [0.15, 0.2) is 54.6 Å². The van der Waals surface area contributed by atoms with Crippen LogP contribution < -0.4 is 10.2 Å². The number of aryl methyl sites for hydroxylation is 1. The third-order valence-corrected chi connectivity index (χ3v) is 4.78. The number of hydrogen-bond donors (Lipinski definition) is 1. The van der Waals surface area contributed by atoms with Crippen LogP contribution in [0.2, 0.25) is 0 Å². The van der Waals surface area contributed by atoms with E-state index in [0.717, 1.165) is 29.2 Å². The Bertz CT molecular complexity index is 911. The summed E-state index contributed by atoms with van der Waals surface area (Å²) in [5, 5.41) is 7.66. The zero-order valence-corrected chi connectivity index (χ0v) is 16.4. The molecule has 0 saturated carbocycles. The fourth-order valence-corrected chi connectivity index (χ4v) is 3.08. The van der Waals surface area contributed by atoms with E-state index >= 15 is 0 Å². The first-order valence-electron chi connectivity index (χ1n) is 9.08. The quantitative estimate of drug-likeness (QED) is 0.730. The van der Waals surface area contributed by atoms with Gasteiger partial charge < -0.3 is 10.2 Å². The van der Waals surface area contributed by atoms with Gasteiger partial charge in [-0.25, -0.2) is 0 Å². The van der Waals surface area contributed by atoms with E-state index in [9.17, 15) is 4.79 Å². The van der Waals surface area contributed by atoms with Gasteiger partial charge >= 0.3 is 0 Å². The van der Waals surface area contributed by atoms with Crippen LogP contribution in [0.3, 0.4) is 0 Å². The highest BCUT2D eigenvalue weighted by Gasteiger charge is 2.13. The Balaban J connectivity index is 1.68. The van der Waals surface area contributed by atoms with Gasteiger partial charge in [0.05, 0.1) is 12.2 Å². The summed E-state index contributed by atoms with van der Waals surface area (Å²) in [6.45, 7) is 5.24. The lowest BCUT2D eigenvalue weighted by molar-refractivity contribution is 0.0951. The van der Waals surface area contributed by atoms with Crippen LogP contribution in [0.5, 0.6) is 0 Å². The Labute approximate surface area is 160 Å². The summed E-state index contributed by atoms with van der Waals surface area (Å²) < 4.78 is 2.00. The SMILES string of the molecule is Cc1nn(Cc2ccccc2)c(C)c1CNC(=O)c1ccc(N(C)C)cc1. The van der Waals surface area contributed by atoms with Gasteiger partial charge in [-0.05, 0) is 43.7 Å². The zero-order valence-electron chi connectivity index (χ0n) is 16.4. The van der Waals surface area contributed by atoms with E-state index in [4.69, 9.17) is 0 Å². The standard InChI is InChI=1S/C22H26N4O/c1-16-21(17(2)26(24-16)15-18-8-6-5-7-9-18)14-23-22(27)19-10-12-20(13-11-19)25(3)4/h5-13H,14-15H2,1-4H3,(H,23,27). The molecule has 140 valence electrons. The largest absolute Gasteiger partial charge is 0.378 e. The molecule has 27 heavy (non-hydrogen) atoms. The molecule has 0 spiro atoms. The van der Waals surface area contributed by atoms with E-state index in [1.807, 2.05) is 73.1 Å². The molecule has 0 bridgehead atoms. The van der Waals surface area contributed by atoms with E-state index in [1.165, 1.54) is 5.56 Å². The summed E-state index contributed by atoms with van der Waals surface area (Å²) in [6, 6.07) is 17.9. The molecule has 3 rings (SSSR count). The van der Waals surface area contributed by atoms with Crippen molar-refractivity contribution < 1.29 is 4.79 Å². The molecule has 0 aliphatic carbocycles. The summed E-state index contributed by atoms with van der Waals surface area (Å²) in [7, 11) is 3.96. The number of nitrogens with zero attached hydrogens (tertiary/aromatic N) is 3. The second-order valence-electron chi connectivity index (χ2n) is 6.92. The number of hydrogen-bond acceptors (Lipinski definition) is 3. The van der Waals surface area contributed by atoms with Gasteiger partial charge in [-0.2, -0.15) is 5.10 Å². The first kappa shape index (κ1) is 18.7. The van der Waals surface area contributed by atoms with E-state index in [-0.39, 0.29) is 5.91 Å². The first-order chi connectivity index (χ1) is 13.0. The smallest absolute Gasteiger partial charge is 0.251 e. The van der Waals surface area contributed by atoms with Crippen molar-refractivity contribution in [3.63, 3.8) is 0 Å². The number of carbonyl (C=O) groups excluding carboxylic acids is 1. The van der Waals surface area contributed by atoms with Crippen molar-refractivity contribution in [2.24, 2.45) is 0 Å². The van der Waals surface area contributed by atoms with Crippen molar-refractivity contribution in [2.45, 2.75) is 26.9 Å². The van der Waals surface area contributed by atoms with E-state index < -0.39 is 0 Å². The van der Waals surface area contributed by atoms with Gasteiger partial charge in [0, 0.05) is 43.1 Å². The number of rotatable bonds is 6. The normalized spacial score (nSPS) is 10.7. The molecule has 0 fully saturated rings. The Morgan fingerprint density at radius 3 is 2.33 bits per heavy atom. The topological polar surface area (TPSA) is 50.2 Å². The second-order valence-corrected chi connectivity index (χ2v) is 6.92. The zero-order chi connectivity index (χ0) is 19.4. The summed E-state index contributed by atoms with van der Waals surface area (Å²) in [5.74, 6) is -0.0742. The Morgan fingerprint density at radius 1 is 1.04 bits per heavy atom. The molecule has 2 aromatic carbocycles. The Morgan fingerprint density at radius 2 is 1.70 bits per heavy atom. The number of amides is 1. The van der Waals surface area contributed by atoms with Crippen LogP contribution in [0, 0.1) is 13.8 Å². The van der Waals surface area contributed by atoms with Crippen LogP contribution in [0.25, 0.3) is 0 Å². The minimum atomic E-state index is -0.0742. The molecule has 0 saturated heterocycles. The second kappa shape index (κ2) is 8.08. The van der Waals surface area contributed by atoms with Gasteiger partial charge in [-0.1, -0.05) is 30.3 Å². The predicted molar refractivity (Wildman–Crippen MR) is 109 cm³/mol. The van der Waals surface area contributed by atoms with Crippen molar-refractivity contribution in [2.75, 3.05) is 19.0 Å². The molecule has 0 aliphatic heterocycles. The van der Waals surface area contributed by atoms with Gasteiger partial charge in [-0.3, -0.25) is 9.48 Å². The van der Waals surface area contributed by atoms with E-state index in [0.29, 0.717) is 12.1 Å². The molecule has 1 aromatic heterocycles. The van der Waals surface area contributed by atoms with Gasteiger partial charge in [0.1, 0.15) is 0 Å². The van der Waals surface area contributed by atoms with Crippen molar-refractivity contribution in [3.05, 3.63) is 82.7 Å². The van der Waals surface area contributed by atoms with Gasteiger partial charge in [0.15, 0.2) is 0 Å². The molecule has 5 nitrogen and oxygen atoms in total. The van der Waals surface area contributed by atoms with Crippen molar-refractivity contribution in [1.29, 1.82) is 0 Å². The third-order valence-electron chi connectivity index (χ3n) is 4.78. The number of benzene rings is 2. The molecule has 0 unspecified atom stereocenters. The fourth-order valence-electron chi connectivity index (χ4n) is 3.08. The summed E-state index contributed by atoms with van der Waals surface area (Å²) in [6.07, 6.45) is 0. The molecule has 0 radical (unpaired) electrons. The van der Waals surface area contributed by atoms with Crippen LogP contribution in [0.4, 0.5) is 5.69 Å². The van der Waals surface area contributed by atoms with Crippen LogP contribution in [0.1, 0.15) is 32.9 Å². The maximum Gasteiger partial charge on any atom is 0.251 e. The van der Waals surface area contributed by atoms with Crippen LogP contribution in [-0.4, -0.2) is 29.8 Å². The first-order valence-corrected chi connectivity index (χ1v) is 9.08. The van der Waals surface area contributed by atoms with Gasteiger partial charge in [0.25, 0.3) is 5.91 Å². The summed E-state index contributed by atoms with van der Waals surface area (Å²) in [5.41, 5.74) is 6.04. The number of anilines is 1. The van der Waals surface area contributed by atoms with Crippen molar-refractivity contribution in [1.82, 2.24) is 15.1 Å². The minimum absolute atomic E-state index is 0.0742. The number of aromatic nitrogens is 2. The monoisotopic (exact) mass is 362 g/mol. The van der Waals surface area contributed by atoms with Crippen molar-refractivity contribution >= 4 is 11.6 Å². The lowest BCUT2D eigenvalue weighted by atomic mass is 10.1. The average molecular weight is 362 g/mol. The summed E-state index contributed by atoms with van der Waals surface area (Å²) in [4.78, 5) is 14.5. The molecule has 1 N–H and O–H groups in total. The number of nitrogens with one attached hydrogen (secondary N) is 1. The molecule has 3 aromatic rings. The fraction of sp³-hybridized carbons (Fsp3) is 0.273. The average Bonchev–Trinajstić information content (AvgIpc) is 2.93. The van der Waals surface area contributed by atoms with E-state index in [2.05, 4.69) is 29.5 Å². The van der Waals surface area contributed by atoms with Crippen LogP contribution in [-0.2, 0) is 13.1 Å². The highest BCUT2D eigenvalue weighted by Crippen LogP contribution is 2.16. The Kier molecular flexibility index (Phi) is 5.60. The van der Waals surface area contributed by atoms with Crippen LogP contribution >= 0.6 is 0 Å². The molecule has 0 atom stereocenters. The highest BCUT2D eigenvalue weighted by atomic mass is 16.1. The van der Waals surface area contributed by atoms with Gasteiger partial charge in [-0.15, -0.1) is 0 Å². The molecular weight excluding hydrogens is 336 g/mol. The van der Waals surface area contributed by atoms with E-state index in [1.54, 1.807) is 0 Å². The third kappa shape index (κ3) is 4.37. The van der Waals surface area contributed by atoms with Crippen molar-refractivity contribution in [3.8, 4) is 0 Å². The molecule has 0 aliphatic rings. The summed E-state index contributed by atoms with van der Waals surface area (Å²) >= 11 is 0. The highest BCUT2D eigenvalue weighted by molar-refractivity contribution is 5.94. The molecule has 1 amide bonds. The van der Waals surface area contributed by atoms with Gasteiger partial charge in [0.2, 0.25) is 0 Å². The molecule has 1 heterocycles. The Hall–Kier alpha value is -3.08.